The summed E-state index contributed by atoms with van der Waals surface area (Å²) in [6.45, 7) is 0.297. The lowest BCUT2D eigenvalue weighted by atomic mass is 10.2. The van der Waals surface area contributed by atoms with Crippen molar-refractivity contribution in [2.24, 2.45) is 5.10 Å². The van der Waals surface area contributed by atoms with Crippen LogP contribution in [0.25, 0.3) is 0 Å². The van der Waals surface area contributed by atoms with Crippen molar-refractivity contribution in [2.45, 2.75) is 13.2 Å². The second-order valence-electron chi connectivity index (χ2n) is 6.14. The molecule has 0 radical (unpaired) electrons. The molecule has 0 fully saturated rings. The Bertz CT molecular complexity index is 1050. The maximum Gasteiger partial charge on any atom is 0.260 e. The van der Waals surface area contributed by atoms with Crippen molar-refractivity contribution < 1.29 is 14.3 Å². The first kappa shape index (κ1) is 19.9. The predicted molar refractivity (Wildman–Crippen MR) is 110 cm³/mol. The number of aromatic nitrogens is 1. The Kier molecular flexibility index (Phi) is 6.78. The molecule has 1 amide bonds. The second kappa shape index (κ2) is 9.89. The van der Waals surface area contributed by atoms with E-state index in [1.807, 2.05) is 30.3 Å². The van der Waals surface area contributed by atoms with E-state index in [1.54, 1.807) is 43.6 Å². The molecular formula is C22H21N3O4. The summed E-state index contributed by atoms with van der Waals surface area (Å²) in [4.78, 5) is 23.6. The lowest BCUT2D eigenvalue weighted by Gasteiger charge is -2.11. The van der Waals surface area contributed by atoms with E-state index in [2.05, 4.69) is 10.5 Å². The van der Waals surface area contributed by atoms with Gasteiger partial charge in [0.25, 0.3) is 11.5 Å². The molecule has 0 spiro atoms. The van der Waals surface area contributed by atoms with Crippen molar-refractivity contribution >= 4 is 12.1 Å². The first-order valence-electron chi connectivity index (χ1n) is 8.98. The Balaban J connectivity index is 1.62. The zero-order chi connectivity index (χ0) is 20.5. The van der Waals surface area contributed by atoms with Gasteiger partial charge in [-0.2, -0.15) is 5.10 Å². The number of hydrogen-bond donors (Lipinski definition) is 1. The van der Waals surface area contributed by atoms with Crippen molar-refractivity contribution in [2.75, 3.05) is 7.11 Å². The number of hydrazone groups is 1. The van der Waals surface area contributed by atoms with E-state index in [0.717, 1.165) is 11.1 Å². The van der Waals surface area contributed by atoms with E-state index in [-0.39, 0.29) is 12.1 Å². The van der Waals surface area contributed by atoms with Gasteiger partial charge in [0.05, 0.1) is 13.3 Å². The van der Waals surface area contributed by atoms with Crippen LogP contribution in [0.2, 0.25) is 0 Å². The minimum absolute atomic E-state index is 0.106. The molecule has 0 saturated heterocycles. The summed E-state index contributed by atoms with van der Waals surface area (Å²) in [7, 11) is 1.57. The number of pyridine rings is 1. The van der Waals surface area contributed by atoms with Crippen molar-refractivity contribution in [3.8, 4) is 11.5 Å². The minimum atomic E-state index is -0.399. The standard InChI is InChI=1S/C22H21N3O4/c1-28-19-11-10-18(13-20(19)29-16-17-7-3-2-4-8-17)14-23-24-21(26)15-25-12-6-5-9-22(25)27/h2-14H,15-16H2,1H3,(H,24,26)/b23-14-. The number of rotatable bonds is 8. The zero-order valence-corrected chi connectivity index (χ0v) is 15.9. The molecule has 1 aromatic heterocycles. The zero-order valence-electron chi connectivity index (χ0n) is 15.9. The quantitative estimate of drug-likeness (QED) is 0.473. The van der Waals surface area contributed by atoms with E-state index in [9.17, 15) is 9.59 Å². The van der Waals surface area contributed by atoms with Gasteiger partial charge in [0.2, 0.25) is 0 Å². The van der Waals surface area contributed by atoms with Gasteiger partial charge in [0.15, 0.2) is 11.5 Å². The van der Waals surface area contributed by atoms with Crippen LogP contribution in [-0.4, -0.2) is 23.8 Å². The van der Waals surface area contributed by atoms with Crippen LogP contribution in [0.5, 0.6) is 11.5 Å². The third-order valence-electron chi connectivity index (χ3n) is 4.04. The molecule has 0 bridgehead atoms. The molecule has 0 atom stereocenters. The van der Waals surface area contributed by atoms with Crippen LogP contribution in [-0.2, 0) is 17.9 Å². The molecule has 0 aliphatic carbocycles. The van der Waals surface area contributed by atoms with Crippen LogP contribution in [0.15, 0.2) is 82.8 Å². The third-order valence-corrected chi connectivity index (χ3v) is 4.04. The molecule has 1 heterocycles. The Morgan fingerprint density at radius 3 is 2.62 bits per heavy atom. The fraction of sp³-hybridized carbons (Fsp3) is 0.136. The molecule has 0 aliphatic heterocycles. The molecule has 7 nitrogen and oxygen atoms in total. The highest BCUT2D eigenvalue weighted by Crippen LogP contribution is 2.28. The van der Waals surface area contributed by atoms with Crippen molar-refractivity contribution in [3.63, 3.8) is 0 Å². The first-order chi connectivity index (χ1) is 14.2. The molecule has 0 aliphatic rings. The van der Waals surface area contributed by atoms with Crippen molar-refractivity contribution in [1.82, 2.24) is 9.99 Å². The molecule has 0 unspecified atom stereocenters. The summed E-state index contributed by atoms with van der Waals surface area (Å²) < 4.78 is 12.5. The van der Waals surface area contributed by atoms with E-state index in [4.69, 9.17) is 9.47 Å². The summed E-state index contributed by atoms with van der Waals surface area (Å²) in [5, 5.41) is 3.95. The third kappa shape index (κ3) is 5.80. The summed E-state index contributed by atoms with van der Waals surface area (Å²) in [6.07, 6.45) is 3.05. The highest BCUT2D eigenvalue weighted by Gasteiger charge is 2.06. The van der Waals surface area contributed by atoms with Gasteiger partial charge in [-0.05, 0) is 35.4 Å². The van der Waals surface area contributed by atoms with Crippen LogP contribution >= 0.6 is 0 Å². The molecule has 1 N–H and O–H groups in total. The van der Waals surface area contributed by atoms with Crippen LogP contribution in [0.1, 0.15) is 11.1 Å². The van der Waals surface area contributed by atoms with E-state index in [1.165, 1.54) is 16.8 Å². The number of nitrogens with one attached hydrogen (secondary N) is 1. The van der Waals surface area contributed by atoms with Gasteiger partial charge in [-0.25, -0.2) is 5.43 Å². The van der Waals surface area contributed by atoms with Gasteiger partial charge < -0.3 is 14.0 Å². The number of carbonyl (C=O) groups excluding carboxylic acids is 1. The smallest absolute Gasteiger partial charge is 0.260 e. The van der Waals surface area contributed by atoms with Crippen LogP contribution in [0.4, 0.5) is 0 Å². The normalized spacial score (nSPS) is 10.7. The van der Waals surface area contributed by atoms with Gasteiger partial charge >= 0.3 is 0 Å². The van der Waals surface area contributed by atoms with Gasteiger partial charge in [0.1, 0.15) is 13.2 Å². The summed E-state index contributed by atoms with van der Waals surface area (Å²) >= 11 is 0. The topological polar surface area (TPSA) is 81.9 Å². The monoisotopic (exact) mass is 391 g/mol. The Morgan fingerprint density at radius 2 is 1.86 bits per heavy atom. The molecule has 29 heavy (non-hydrogen) atoms. The van der Waals surface area contributed by atoms with Crippen LogP contribution < -0.4 is 20.5 Å². The van der Waals surface area contributed by atoms with E-state index < -0.39 is 5.91 Å². The lowest BCUT2D eigenvalue weighted by Crippen LogP contribution is -2.28. The van der Waals surface area contributed by atoms with Crippen LogP contribution in [0, 0.1) is 0 Å². The lowest BCUT2D eigenvalue weighted by molar-refractivity contribution is -0.121. The molecule has 0 saturated carbocycles. The van der Waals surface area contributed by atoms with Crippen molar-refractivity contribution in [1.29, 1.82) is 0 Å². The summed E-state index contributed by atoms with van der Waals surface area (Å²) in [5.41, 5.74) is 3.93. The van der Waals surface area contributed by atoms with Gasteiger partial charge in [-0.1, -0.05) is 36.4 Å². The van der Waals surface area contributed by atoms with E-state index >= 15 is 0 Å². The SMILES string of the molecule is COc1ccc(/C=N\NC(=O)Cn2ccccc2=O)cc1OCc1ccccc1. The Morgan fingerprint density at radius 1 is 1.07 bits per heavy atom. The maximum absolute atomic E-state index is 12.0. The highest BCUT2D eigenvalue weighted by molar-refractivity contribution is 5.83. The number of nitrogens with zero attached hydrogens (tertiary/aromatic N) is 2. The number of methoxy groups -OCH3 is 1. The first-order valence-corrected chi connectivity index (χ1v) is 8.98. The summed E-state index contributed by atoms with van der Waals surface area (Å²) in [5.74, 6) is 0.775. The Hall–Kier alpha value is -3.87. The van der Waals surface area contributed by atoms with Gasteiger partial charge in [0, 0.05) is 12.3 Å². The molecule has 3 aromatic rings. The summed E-state index contributed by atoms with van der Waals surface area (Å²) in [6, 6.07) is 19.8. The predicted octanol–water partition coefficient (Wildman–Crippen LogP) is 2.59. The molecule has 3 rings (SSSR count). The fourth-order valence-electron chi connectivity index (χ4n) is 2.58. The number of ether oxygens (including phenoxy) is 2. The molecule has 7 heteroatoms. The molecular weight excluding hydrogens is 370 g/mol. The fourth-order valence-corrected chi connectivity index (χ4v) is 2.58. The maximum atomic E-state index is 12.0. The number of amides is 1. The van der Waals surface area contributed by atoms with Crippen LogP contribution in [0.3, 0.4) is 0 Å². The average molecular weight is 391 g/mol. The number of benzene rings is 2. The Labute approximate surface area is 168 Å². The molecule has 148 valence electrons. The number of hydrogen-bond acceptors (Lipinski definition) is 5. The second-order valence-corrected chi connectivity index (χ2v) is 6.14. The number of carbonyl (C=O) groups is 1. The van der Waals surface area contributed by atoms with E-state index in [0.29, 0.717) is 18.1 Å². The minimum Gasteiger partial charge on any atom is -0.493 e. The largest absolute Gasteiger partial charge is 0.493 e. The van der Waals surface area contributed by atoms with Crippen molar-refractivity contribution in [3.05, 3.63) is 94.4 Å². The highest BCUT2D eigenvalue weighted by atomic mass is 16.5. The average Bonchev–Trinajstić information content (AvgIpc) is 2.75. The van der Waals surface area contributed by atoms with Gasteiger partial charge in [-0.15, -0.1) is 0 Å². The van der Waals surface area contributed by atoms with Gasteiger partial charge in [-0.3, -0.25) is 9.59 Å². The molecule has 2 aromatic carbocycles.